The molecule has 7 heteroatoms. The molecule has 0 radical (unpaired) electrons. The Morgan fingerprint density at radius 1 is 1.33 bits per heavy atom. The fourth-order valence-corrected chi connectivity index (χ4v) is 1.75. The average Bonchev–Trinajstić information content (AvgIpc) is 2.46. The van der Waals surface area contributed by atoms with Crippen LogP contribution in [-0.4, -0.2) is 43.9 Å². The summed E-state index contributed by atoms with van der Waals surface area (Å²) in [7, 11) is 3.03. The maximum absolute atomic E-state index is 13.1. The Morgan fingerprint density at radius 2 is 2.00 bits per heavy atom. The average molecular weight is 300 g/mol. The van der Waals surface area contributed by atoms with E-state index in [0.717, 1.165) is 12.1 Å². The number of likely N-dealkylation sites (N-methyl/N-ethyl adjacent to an activating group) is 2. The Morgan fingerprint density at radius 3 is 2.57 bits per heavy atom. The fraction of sp³-hybridized carbons (Fsp3) is 0.429. The normalized spacial score (nSPS) is 11.9. The summed E-state index contributed by atoms with van der Waals surface area (Å²) in [6, 6.07) is 3.47. The van der Waals surface area contributed by atoms with Gasteiger partial charge in [0.05, 0.1) is 6.54 Å². The van der Waals surface area contributed by atoms with Gasteiger partial charge in [-0.2, -0.15) is 0 Å². The van der Waals surface area contributed by atoms with E-state index in [9.17, 15) is 18.4 Å². The number of carbonyl (C=O) groups excluding carboxylic acids is 2. The topological polar surface area (TPSA) is 66.0 Å². The molecular weight excluding hydrogens is 280 g/mol. The van der Waals surface area contributed by atoms with Crippen LogP contribution in [0.3, 0.4) is 0 Å². The molecule has 0 aromatic heterocycles. The second-order valence-corrected chi connectivity index (χ2v) is 4.83. The molecular formula is C14H20F2N3O2+. The molecule has 0 bridgehead atoms. The van der Waals surface area contributed by atoms with E-state index in [0.29, 0.717) is 5.56 Å². The van der Waals surface area contributed by atoms with Crippen molar-refractivity contribution >= 4 is 11.8 Å². The minimum Gasteiger partial charge on any atom is -0.358 e. The van der Waals surface area contributed by atoms with Gasteiger partial charge in [0.25, 0.3) is 5.91 Å². The first-order chi connectivity index (χ1) is 9.85. The molecule has 0 saturated carbocycles. The zero-order valence-electron chi connectivity index (χ0n) is 12.3. The predicted octanol–water partition coefficient (Wildman–Crippen LogP) is -0.206. The van der Waals surface area contributed by atoms with Gasteiger partial charge in [-0.1, -0.05) is 0 Å². The van der Waals surface area contributed by atoms with Crippen molar-refractivity contribution in [2.75, 3.05) is 27.2 Å². The second kappa shape index (κ2) is 7.68. The highest BCUT2D eigenvalue weighted by molar-refractivity contribution is 5.84. The quantitative estimate of drug-likeness (QED) is 0.764. The van der Waals surface area contributed by atoms with E-state index in [1.54, 1.807) is 12.2 Å². The van der Waals surface area contributed by atoms with Gasteiger partial charge in [0.2, 0.25) is 5.91 Å². The Labute approximate surface area is 122 Å². The fourth-order valence-electron chi connectivity index (χ4n) is 1.75. The van der Waals surface area contributed by atoms with Gasteiger partial charge in [0, 0.05) is 19.7 Å². The lowest BCUT2D eigenvalue weighted by atomic mass is 10.1. The summed E-state index contributed by atoms with van der Waals surface area (Å²) < 4.78 is 26.0. The third kappa shape index (κ3) is 5.11. The number of amides is 2. The highest BCUT2D eigenvalue weighted by atomic mass is 19.2. The van der Waals surface area contributed by atoms with E-state index >= 15 is 0 Å². The Balaban J connectivity index is 2.52. The summed E-state index contributed by atoms with van der Waals surface area (Å²) in [5.74, 6) is -2.27. The predicted molar refractivity (Wildman–Crippen MR) is 73.3 cm³/mol. The number of hydrogen-bond acceptors (Lipinski definition) is 2. The standard InChI is InChI=1S/C14H19F2N3O2/c1-9(10-4-5-11(15)12(16)6-10)18-7-14(21)19(3)8-13(20)17-2/h4-6,9,18H,7-8H2,1-3H3,(H,17,20)/p+1/t9-/m0/s1. The Hall–Kier alpha value is -2.02. The largest absolute Gasteiger partial charge is 0.358 e. The number of quaternary nitrogens is 1. The van der Waals surface area contributed by atoms with E-state index in [2.05, 4.69) is 5.32 Å². The molecule has 116 valence electrons. The smallest absolute Gasteiger partial charge is 0.277 e. The molecule has 0 unspecified atom stereocenters. The van der Waals surface area contributed by atoms with Crippen LogP contribution in [0.25, 0.3) is 0 Å². The molecule has 0 aliphatic heterocycles. The van der Waals surface area contributed by atoms with Crippen LogP contribution in [0, 0.1) is 11.6 Å². The Kier molecular flexibility index (Phi) is 6.23. The van der Waals surface area contributed by atoms with E-state index < -0.39 is 11.6 Å². The van der Waals surface area contributed by atoms with Crippen LogP contribution in [0.5, 0.6) is 0 Å². The zero-order chi connectivity index (χ0) is 16.0. The molecule has 0 spiro atoms. The molecule has 5 nitrogen and oxygen atoms in total. The lowest BCUT2D eigenvalue weighted by Gasteiger charge is -2.17. The van der Waals surface area contributed by atoms with Crippen molar-refractivity contribution in [3.63, 3.8) is 0 Å². The molecule has 3 N–H and O–H groups in total. The van der Waals surface area contributed by atoms with Crippen molar-refractivity contribution in [2.45, 2.75) is 13.0 Å². The molecule has 1 aromatic rings. The highest BCUT2D eigenvalue weighted by Crippen LogP contribution is 2.12. The van der Waals surface area contributed by atoms with E-state index in [-0.39, 0.29) is 30.9 Å². The van der Waals surface area contributed by atoms with Crippen LogP contribution >= 0.6 is 0 Å². The summed E-state index contributed by atoms with van der Waals surface area (Å²) in [6.45, 7) is 1.90. The maximum atomic E-state index is 13.1. The number of rotatable bonds is 6. The number of nitrogens with one attached hydrogen (secondary N) is 1. The number of halogens is 2. The molecule has 0 fully saturated rings. The van der Waals surface area contributed by atoms with Gasteiger partial charge in [-0.25, -0.2) is 8.78 Å². The van der Waals surface area contributed by atoms with Gasteiger partial charge in [0.15, 0.2) is 18.2 Å². The van der Waals surface area contributed by atoms with Crippen LogP contribution in [0.2, 0.25) is 0 Å². The first-order valence-corrected chi connectivity index (χ1v) is 6.58. The SMILES string of the molecule is CNC(=O)CN(C)C(=O)C[NH2+][C@@H](C)c1ccc(F)c(F)c1. The van der Waals surface area contributed by atoms with Crippen molar-refractivity contribution in [3.05, 3.63) is 35.4 Å². The first-order valence-electron chi connectivity index (χ1n) is 6.58. The van der Waals surface area contributed by atoms with E-state index in [4.69, 9.17) is 0 Å². The summed E-state index contributed by atoms with van der Waals surface area (Å²) in [6.07, 6.45) is 0. The van der Waals surface area contributed by atoms with Crippen LogP contribution in [0.15, 0.2) is 18.2 Å². The number of hydrogen-bond donors (Lipinski definition) is 2. The number of nitrogens with two attached hydrogens (primary N) is 1. The van der Waals surface area contributed by atoms with Crippen molar-refractivity contribution < 1.29 is 23.7 Å². The van der Waals surface area contributed by atoms with E-state index in [1.807, 2.05) is 0 Å². The van der Waals surface area contributed by atoms with Crippen LogP contribution in [0.4, 0.5) is 8.78 Å². The van der Waals surface area contributed by atoms with Gasteiger partial charge in [-0.15, -0.1) is 0 Å². The third-order valence-corrected chi connectivity index (χ3v) is 3.20. The minimum absolute atomic E-state index is 0.0112. The van der Waals surface area contributed by atoms with Gasteiger partial charge in [-0.05, 0) is 25.1 Å². The molecule has 0 heterocycles. The summed E-state index contributed by atoms with van der Waals surface area (Å²) >= 11 is 0. The molecule has 1 atom stereocenters. The van der Waals surface area contributed by atoms with Gasteiger partial charge < -0.3 is 15.5 Å². The summed E-state index contributed by atoms with van der Waals surface area (Å²) in [5.41, 5.74) is 0.593. The lowest BCUT2D eigenvalue weighted by Crippen LogP contribution is -2.87. The lowest BCUT2D eigenvalue weighted by molar-refractivity contribution is -0.683. The Bertz CT molecular complexity index is 523. The zero-order valence-corrected chi connectivity index (χ0v) is 12.3. The first kappa shape index (κ1) is 17.0. The van der Waals surface area contributed by atoms with Crippen molar-refractivity contribution in [1.29, 1.82) is 0 Å². The molecule has 0 aliphatic rings. The van der Waals surface area contributed by atoms with Gasteiger partial charge >= 0.3 is 0 Å². The number of benzene rings is 1. The van der Waals surface area contributed by atoms with E-state index in [1.165, 1.54) is 25.1 Å². The molecule has 0 aliphatic carbocycles. The second-order valence-electron chi connectivity index (χ2n) is 4.83. The van der Waals surface area contributed by atoms with Gasteiger partial charge in [0.1, 0.15) is 6.04 Å². The van der Waals surface area contributed by atoms with Crippen molar-refractivity contribution in [2.24, 2.45) is 0 Å². The molecule has 2 amide bonds. The van der Waals surface area contributed by atoms with Crippen LogP contribution in [-0.2, 0) is 9.59 Å². The molecule has 0 saturated heterocycles. The molecule has 1 aromatic carbocycles. The molecule has 1 rings (SSSR count). The van der Waals surface area contributed by atoms with Gasteiger partial charge in [-0.3, -0.25) is 9.59 Å². The minimum atomic E-state index is -0.907. The molecule has 21 heavy (non-hydrogen) atoms. The van der Waals surface area contributed by atoms with Crippen molar-refractivity contribution in [1.82, 2.24) is 10.2 Å². The summed E-state index contributed by atoms with van der Waals surface area (Å²) in [4.78, 5) is 24.3. The maximum Gasteiger partial charge on any atom is 0.277 e. The number of nitrogens with zero attached hydrogens (tertiary/aromatic N) is 1. The van der Waals surface area contributed by atoms with Crippen molar-refractivity contribution in [3.8, 4) is 0 Å². The summed E-state index contributed by atoms with van der Waals surface area (Å²) in [5, 5.41) is 4.14. The highest BCUT2D eigenvalue weighted by Gasteiger charge is 2.17. The third-order valence-electron chi connectivity index (χ3n) is 3.20. The monoisotopic (exact) mass is 300 g/mol. The van der Waals surface area contributed by atoms with Crippen LogP contribution in [0.1, 0.15) is 18.5 Å². The van der Waals surface area contributed by atoms with Crippen LogP contribution < -0.4 is 10.6 Å². The number of carbonyl (C=O) groups is 2.